The van der Waals surface area contributed by atoms with E-state index in [-0.39, 0.29) is 11.8 Å². The van der Waals surface area contributed by atoms with Gasteiger partial charge in [0, 0.05) is 37.4 Å². The molecule has 2 N–H and O–H groups in total. The first-order valence-corrected chi connectivity index (χ1v) is 11.6. The second-order valence-corrected chi connectivity index (χ2v) is 8.96. The highest BCUT2D eigenvalue weighted by Crippen LogP contribution is 2.37. The van der Waals surface area contributed by atoms with Crippen molar-refractivity contribution >= 4 is 23.2 Å². The minimum absolute atomic E-state index is 0.00916. The summed E-state index contributed by atoms with van der Waals surface area (Å²) in [7, 11) is 0. The van der Waals surface area contributed by atoms with E-state index in [2.05, 4.69) is 22.8 Å². The van der Waals surface area contributed by atoms with E-state index < -0.39 is 5.41 Å². The van der Waals surface area contributed by atoms with Gasteiger partial charge in [0.05, 0.1) is 5.41 Å². The average Bonchev–Trinajstić information content (AvgIpc) is 2.81. The zero-order chi connectivity index (χ0) is 21.7. The van der Waals surface area contributed by atoms with E-state index >= 15 is 0 Å². The van der Waals surface area contributed by atoms with Crippen LogP contribution in [0.1, 0.15) is 57.4 Å². The van der Waals surface area contributed by atoms with E-state index in [0.29, 0.717) is 32.0 Å². The third-order valence-electron chi connectivity index (χ3n) is 6.94. The van der Waals surface area contributed by atoms with Gasteiger partial charge in [-0.05, 0) is 55.5 Å². The molecule has 0 radical (unpaired) electrons. The van der Waals surface area contributed by atoms with E-state index in [1.807, 2.05) is 47.4 Å². The SMILES string of the molecule is CC(=O)N1CCC(C(=O)Nc2ccc(NC3CCCCC3)cc2)(c2ccccc2)CC1. The number of anilines is 2. The minimum Gasteiger partial charge on any atom is -0.382 e. The summed E-state index contributed by atoms with van der Waals surface area (Å²) in [5.41, 5.74) is 2.32. The average molecular weight is 420 g/mol. The molecule has 1 heterocycles. The number of carbonyl (C=O) groups is 2. The van der Waals surface area contributed by atoms with Gasteiger partial charge in [0.2, 0.25) is 11.8 Å². The molecule has 0 spiro atoms. The molecule has 1 aliphatic carbocycles. The smallest absolute Gasteiger partial charge is 0.235 e. The fraction of sp³-hybridized carbons (Fsp3) is 0.462. The number of amides is 2. The fourth-order valence-electron chi connectivity index (χ4n) is 4.99. The molecule has 5 nitrogen and oxygen atoms in total. The van der Waals surface area contributed by atoms with E-state index in [4.69, 9.17) is 0 Å². The van der Waals surface area contributed by atoms with Gasteiger partial charge in [0.1, 0.15) is 0 Å². The number of hydrogen-bond donors (Lipinski definition) is 2. The summed E-state index contributed by atoms with van der Waals surface area (Å²) in [6.45, 7) is 2.79. The summed E-state index contributed by atoms with van der Waals surface area (Å²) in [5, 5.41) is 6.78. The molecular weight excluding hydrogens is 386 g/mol. The second-order valence-electron chi connectivity index (χ2n) is 8.96. The third-order valence-corrected chi connectivity index (χ3v) is 6.94. The van der Waals surface area contributed by atoms with Crippen LogP contribution in [0.15, 0.2) is 54.6 Å². The summed E-state index contributed by atoms with van der Waals surface area (Å²) in [5.74, 6) is 0.0815. The van der Waals surface area contributed by atoms with Crippen LogP contribution in [0.4, 0.5) is 11.4 Å². The Hall–Kier alpha value is -2.82. The highest BCUT2D eigenvalue weighted by atomic mass is 16.2. The lowest BCUT2D eigenvalue weighted by Gasteiger charge is -2.40. The van der Waals surface area contributed by atoms with Crippen LogP contribution in [0.3, 0.4) is 0 Å². The molecule has 164 valence electrons. The molecule has 0 bridgehead atoms. The van der Waals surface area contributed by atoms with Gasteiger partial charge in [-0.1, -0.05) is 49.6 Å². The van der Waals surface area contributed by atoms with Crippen LogP contribution in [0.2, 0.25) is 0 Å². The molecule has 0 atom stereocenters. The molecule has 0 unspecified atom stereocenters. The number of benzene rings is 2. The zero-order valence-corrected chi connectivity index (χ0v) is 18.4. The summed E-state index contributed by atoms with van der Waals surface area (Å²) < 4.78 is 0. The molecule has 1 aliphatic heterocycles. The maximum absolute atomic E-state index is 13.5. The van der Waals surface area contributed by atoms with Crippen LogP contribution in [0.25, 0.3) is 0 Å². The van der Waals surface area contributed by atoms with Crippen LogP contribution in [0.5, 0.6) is 0 Å². The number of rotatable bonds is 5. The first-order valence-electron chi connectivity index (χ1n) is 11.6. The number of nitrogens with one attached hydrogen (secondary N) is 2. The molecule has 2 aliphatic rings. The van der Waals surface area contributed by atoms with Crippen molar-refractivity contribution in [1.82, 2.24) is 4.90 Å². The number of nitrogens with zero attached hydrogens (tertiary/aromatic N) is 1. The molecule has 1 saturated heterocycles. The topological polar surface area (TPSA) is 61.4 Å². The molecule has 2 aromatic rings. The van der Waals surface area contributed by atoms with Crippen LogP contribution in [-0.2, 0) is 15.0 Å². The summed E-state index contributed by atoms with van der Waals surface area (Å²) >= 11 is 0. The second kappa shape index (κ2) is 9.54. The van der Waals surface area contributed by atoms with Gasteiger partial charge in [0.15, 0.2) is 0 Å². The lowest BCUT2D eigenvalue weighted by Crippen LogP contribution is -2.50. The van der Waals surface area contributed by atoms with Crippen LogP contribution >= 0.6 is 0 Å². The van der Waals surface area contributed by atoms with Gasteiger partial charge in [-0.3, -0.25) is 9.59 Å². The van der Waals surface area contributed by atoms with Crippen molar-refractivity contribution in [2.24, 2.45) is 0 Å². The van der Waals surface area contributed by atoms with Gasteiger partial charge in [-0.15, -0.1) is 0 Å². The molecule has 4 rings (SSSR count). The zero-order valence-electron chi connectivity index (χ0n) is 18.4. The van der Waals surface area contributed by atoms with Gasteiger partial charge in [-0.2, -0.15) is 0 Å². The molecule has 31 heavy (non-hydrogen) atoms. The minimum atomic E-state index is -0.619. The largest absolute Gasteiger partial charge is 0.382 e. The van der Waals surface area contributed by atoms with Crippen LogP contribution < -0.4 is 10.6 Å². The molecule has 1 saturated carbocycles. The Bertz CT molecular complexity index is 881. The third kappa shape index (κ3) is 4.92. The van der Waals surface area contributed by atoms with Crippen LogP contribution in [0, 0.1) is 0 Å². The van der Waals surface area contributed by atoms with E-state index in [1.54, 1.807) is 6.92 Å². The van der Waals surface area contributed by atoms with Crippen molar-refractivity contribution in [1.29, 1.82) is 0 Å². The van der Waals surface area contributed by atoms with Crippen LogP contribution in [-0.4, -0.2) is 35.8 Å². The lowest BCUT2D eigenvalue weighted by atomic mass is 9.72. The highest BCUT2D eigenvalue weighted by molar-refractivity contribution is 5.99. The standard InChI is InChI=1S/C26H33N3O2/c1-20(30)29-18-16-26(17-19-29,21-8-4-2-5-9-21)25(31)28-24-14-12-23(13-15-24)27-22-10-6-3-7-11-22/h2,4-5,8-9,12-15,22,27H,3,6-7,10-11,16-19H2,1H3,(H,28,31). The summed E-state index contributed by atoms with van der Waals surface area (Å²) in [4.78, 5) is 27.2. The predicted octanol–water partition coefficient (Wildman–Crippen LogP) is 4.95. The number of piperidine rings is 1. The maximum Gasteiger partial charge on any atom is 0.235 e. The molecular formula is C26H33N3O2. The maximum atomic E-state index is 13.5. The Morgan fingerprint density at radius 3 is 2.10 bits per heavy atom. The van der Waals surface area contributed by atoms with Crippen molar-refractivity contribution in [3.05, 3.63) is 60.2 Å². The quantitative estimate of drug-likeness (QED) is 0.721. The van der Waals surface area contributed by atoms with E-state index in [0.717, 1.165) is 16.9 Å². The number of hydrogen-bond acceptors (Lipinski definition) is 3. The number of likely N-dealkylation sites (tertiary alicyclic amines) is 1. The fourth-order valence-corrected chi connectivity index (χ4v) is 4.99. The molecule has 2 fully saturated rings. The van der Waals surface area contributed by atoms with Gasteiger partial charge >= 0.3 is 0 Å². The van der Waals surface area contributed by atoms with Crippen molar-refractivity contribution in [3.8, 4) is 0 Å². The Kier molecular flexibility index (Phi) is 6.59. The van der Waals surface area contributed by atoms with Crippen molar-refractivity contribution in [2.75, 3.05) is 23.7 Å². The Balaban J connectivity index is 1.47. The lowest BCUT2D eigenvalue weighted by molar-refractivity contribution is -0.133. The van der Waals surface area contributed by atoms with Gasteiger partial charge in [-0.25, -0.2) is 0 Å². The Morgan fingerprint density at radius 1 is 0.871 bits per heavy atom. The molecule has 0 aromatic heterocycles. The highest BCUT2D eigenvalue weighted by Gasteiger charge is 2.43. The monoisotopic (exact) mass is 419 g/mol. The first-order chi connectivity index (χ1) is 15.1. The van der Waals surface area contributed by atoms with Gasteiger partial charge in [0.25, 0.3) is 0 Å². The molecule has 5 heteroatoms. The van der Waals surface area contributed by atoms with E-state index in [9.17, 15) is 9.59 Å². The summed E-state index contributed by atoms with van der Waals surface area (Å²) in [6.07, 6.45) is 7.66. The first kappa shape index (κ1) is 21.4. The van der Waals surface area contributed by atoms with E-state index in [1.165, 1.54) is 32.1 Å². The summed E-state index contributed by atoms with van der Waals surface area (Å²) in [6, 6.07) is 18.6. The Morgan fingerprint density at radius 2 is 1.48 bits per heavy atom. The number of carbonyl (C=O) groups excluding carboxylic acids is 2. The van der Waals surface area contributed by atoms with Gasteiger partial charge < -0.3 is 15.5 Å². The van der Waals surface area contributed by atoms with Crippen molar-refractivity contribution in [2.45, 2.75) is 63.3 Å². The molecule has 2 aromatic carbocycles. The predicted molar refractivity (Wildman–Crippen MR) is 125 cm³/mol. The normalized spacial score (nSPS) is 18.9. The molecule has 2 amide bonds. The Labute approximate surface area is 185 Å². The van der Waals surface area contributed by atoms with Crippen molar-refractivity contribution < 1.29 is 9.59 Å². The van der Waals surface area contributed by atoms with Crippen molar-refractivity contribution in [3.63, 3.8) is 0 Å².